The zero-order valence-electron chi connectivity index (χ0n) is 15.7. The molecule has 4 aromatic rings. The van der Waals surface area contributed by atoms with Crippen LogP contribution in [0.4, 0.5) is 10.2 Å². The molecule has 0 radical (unpaired) electrons. The molecule has 1 aliphatic heterocycles. The third kappa shape index (κ3) is 3.09. The van der Waals surface area contributed by atoms with Gasteiger partial charge in [-0.25, -0.2) is 9.97 Å². The van der Waals surface area contributed by atoms with Crippen LogP contribution in [0.25, 0.3) is 22.2 Å². The first kappa shape index (κ1) is 17.6. The molecule has 7 heteroatoms. The van der Waals surface area contributed by atoms with Crippen molar-refractivity contribution in [3.63, 3.8) is 0 Å². The van der Waals surface area contributed by atoms with E-state index in [1.54, 1.807) is 4.57 Å². The van der Waals surface area contributed by atoms with E-state index < -0.39 is 0 Å². The molecule has 1 unspecified atom stereocenters. The van der Waals surface area contributed by atoms with Crippen LogP contribution in [0, 0.1) is 5.95 Å². The summed E-state index contributed by atoms with van der Waals surface area (Å²) >= 11 is 0. The van der Waals surface area contributed by atoms with E-state index in [2.05, 4.69) is 15.3 Å². The molecule has 5 rings (SSSR count). The third-order valence-corrected chi connectivity index (χ3v) is 5.27. The van der Waals surface area contributed by atoms with Gasteiger partial charge in [-0.3, -0.25) is 4.57 Å². The van der Waals surface area contributed by atoms with Gasteiger partial charge in [0.05, 0.1) is 11.4 Å². The van der Waals surface area contributed by atoms with E-state index in [9.17, 15) is 0 Å². The lowest BCUT2D eigenvalue weighted by Gasteiger charge is -2.12. The number of hydrogen-bond acceptors (Lipinski definition) is 5. The molecule has 3 N–H and O–H groups in total. The Hall–Kier alpha value is -3.45. The van der Waals surface area contributed by atoms with Gasteiger partial charge < -0.3 is 15.8 Å². The standard InChI is InChI=1S/C22H20FN5O/c23-20-18(14-6-8-17(9-7-14)29-16-4-2-1-3-5-16)19-21(24)26-13-27-22(19)28(20)15-10-11-25-12-15/h1-9,13,15,25H,10-12H2,(H2,24,26,27). The Bertz CT molecular complexity index is 1150. The summed E-state index contributed by atoms with van der Waals surface area (Å²) in [5, 5.41) is 3.83. The zero-order valence-corrected chi connectivity index (χ0v) is 15.7. The average Bonchev–Trinajstić information content (AvgIpc) is 3.36. The van der Waals surface area contributed by atoms with Crippen molar-refractivity contribution >= 4 is 16.9 Å². The second-order valence-corrected chi connectivity index (χ2v) is 7.08. The molecular formula is C22H20FN5O. The number of benzene rings is 2. The highest BCUT2D eigenvalue weighted by Gasteiger charge is 2.28. The predicted molar refractivity (Wildman–Crippen MR) is 110 cm³/mol. The second-order valence-electron chi connectivity index (χ2n) is 7.08. The fourth-order valence-electron chi connectivity index (χ4n) is 3.90. The van der Waals surface area contributed by atoms with Crippen LogP contribution in [0.3, 0.4) is 0 Å². The lowest BCUT2D eigenvalue weighted by atomic mass is 10.1. The fourth-order valence-corrected chi connectivity index (χ4v) is 3.90. The van der Waals surface area contributed by atoms with Crippen LogP contribution < -0.4 is 15.8 Å². The van der Waals surface area contributed by atoms with Gasteiger partial charge in [-0.05, 0) is 42.8 Å². The molecule has 29 heavy (non-hydrogen) atoms. The smallest absolute Gasteiger partial charge is 0.204 e. The number of rotatable bonds is 4. The van der Waals surface area contributed by atoms with Gasteiger partial charge in [-0.15, -0.1) is 0 Å². The molecule has 1 saturated heterocycles. The van der Waals surface area contributed by atoms with Gasteiger partial charge in [-0.1, -0.05) is 30.3 Å². The monoisotopic (exact) mass is 389 g/mol. The number of aromatic nitrogens is 3. The summed E-state index contributed by atoms with van der Waals surface area (Å²) in [4.78, 5) is 8.44. The quantitative estimate of drug-likeness (QED) is 0.548. The first-order chi connectivity index (χ1) is 14.2. The highest BCUT2D eigenvalue weighted by molar-refractivity contribution is 6.01. The van der Waals surface area contributed by atoms with Crippen LogP contribution in [-0.4, -0.2) is 27.6 Å². The van der Waals surface area contributed by atoms with Crippen LogP contribution in [0.2, 0.25) is 0 Å². The molecule has 0 bridgehead atoms. The number of nitrogens with two attached hydrogens (primary N) is 1. The van der Waals surface area contributed by atoms with Crippen molar-refractivity contribution in [2.24, 2.45) is 0 Å². The molecule has 1 fully saturated rings. The number of ether oxygens (including phenoxy) is 1. The number of nitrogens with one attached hydrogen (secondary N) is 1. The molecule has 2 aromatic heterocycles. The molecule has 0 saturated carbocycles. The number of hydrogen-bond donors (Lipinski definition) is 2. The van der Waals surface area contributed by atoms with Crippen molar-refractivity contribution < 1.29 is 9.13 Å². The Kier molecular flexibility index (Phi) is 4.37. The first-order valence-corrected chi connectivity index (χ1v) is 9.56. The third-order valence-electron chi connectivity index (χ3n) is 5.27. The molecule has 0 aliphatic carbocycles. The minimum atomic E-state index is -0.336. The summed E-state index contributed by atoms with van der Waals surface area (Å²) in [5.41, 5.74) is 7.80. The molecule has 2 aromatic carbocycles. The van der Waals surface area contributed by atoms with E-state index >= 15 is 4.39 Å². The Balaban J connectivity index is 1.59. The highest BCUT2D eigenvalue weighted by atomic mass is 19.1. The SMILES string of the molecule is Nc1ncnc2c1c(-c1ccc(Oc3ccccc3)cc1)c(F)n2C1CCNC1. The Morgan fingerprint density at radius 2 is 1.79 bits per heavy atom. The van der Waals surface area contributed by atoms with Crippen LogP contribution in [-0.2, 0) is 0 Å². The van der Waals surface area contributed by atoms with Gasteiger partial charge in [0.15, 0.2) is 0 Å². The van der Waals surface area contributed by atoms with Crippen LogP contribution >= 0.6 is 0 Å². The molecule has 0 spiro atoms. The van der Waals surface area contributed by atoms with Crippen LogP contribution in [0.5, 0.6) is 11.5 Å². The number of anilines is 1. The zero-order chi connectivity index (χ0) is 19.8. The summed E-state index contributed by atoms with van der Waals surface area (Å²) in [6, 6.07) is 16.8. The van der Waals surface area contributed by atoms with Crippen molar-refractivity contribution in [2.45, 2.75) is 12.5 Å². The first-order valence-electron chi connectivity index (χ1n) is 9.56. The average molecular weight is 389 g/mol. The predicted octanol–water partition coefficient (Wildman–Crippen LogP) is 4.15. The Morgan fingerprint density at radius 1 is 1.03 bits per heavy atom. The maximum Gasteiger partial charge on any atom is 0.204 e. The number of nitrogens with zero attached hydrogens (tertiary/aromatic N) is 3. The maximum absolute atomic E-state index is 15.6. The maximum atomic E-state index is 15.6. The van der Waals surface area contributed by atoms with Gasteiger partial charge in [-0.2, -0.15) is 4.39 Å². The minimum absolute atomic E-state index is 0.00115. The van der Waals surface area contributed by atoms with Crippen molar-refractivity contribution in [1.29, 1.82) is 0 Å². The molecule has 3 heterocycles. The normalized spacial score (nSPS) is 16.4. The van der Waals surface area contributed by atoms with E-state index in [0.717, 1.165) is 18.7 Å². The fraction of sp³-hybridized carbons (Fsp3) is 0.182. The number of para-hydroxylation sites is 1. The van der Waals surface area contributed by atoms with Gasteiger partial charge in [0.25, 0.3) is 0 Å². The van der Waals surface area contributed by atoms with Crippen molar-refractivity contribution in [3.05, 3.63) is 66.9 Å². The molecule has 146 valence electrons. The summed E-state index contributed by atoms with van der Waals surface area (Å²) in [5.74, 6) is 1.36. The van der Waals surface area contributed by atoms with Crippen molar-refractivity contribution in [2.75, 3.05) is 18.8 Å². The van der Waals surface area contributed by atoms with Crippen molar-refractivity contribution in [3.8, 4) is 22.6 Å². The summed E-state index contributed by atoms with van der Waals surface area (Å²) in [6.45, 7) is 1.55. The van der Waals surface area contributed by atoms with E-state index in [1.165, 1.54) is 6.33 Å². The molecular weight excluding hydrogens is 369 g/mol. The summed E-state index contributed by atoms with van der Waals surface area (Å²) in [7, 11) is 0. The molecule has 0 amide bonds. The highest BCUT2D eigenvalue weighted by Crippen LogP contribution is 2.39. The van der Waals surface area contributed by atoms with E-state index in [0.29, 0.717) is 34.5 Å². The Labute approximate surface area is 167 Å². The summed E-state index contributed by atoms with van der Waals surface area (Å²) < 4.78 is 23.1. The van der Waals surface area contributed by atoms with E-state index in [4.69, 9.17) is 10.5 Å². The van der Waals surface area contributed by atoms with Gasteiger partial charge >= 0.3 is 0 Å². The van der Waals surface area contributed by atoms with Gasteiger partial charge in [0, 0.05) is 12.1 Å². The molecule has 6 nitrogen and oxygen atoms in total. The molecule has 1 aliphatic rings. The lowest BCUT2D eigenvalue weighted by molar-refractivity contribution is 0.446. The summed E-state index contributed by atoms with van der Waals surface area (Å²) in [6.07, 6.45) is 2.23. The van der Waals surface area contributed by atoms with Crippen LogP contribution in [0.15, 0.2) is 60.9 Å². The van der Waals surface area contributed by atoms with E-state index in [1.807, 2.05) is 54.6 Å². The second kappa shape index (κ2) is 7.18. The molecule has 1 atom stereocenters. The lowest BCUT2D eigenvalue weighted by Crippen LogP contribution is -2.15. The topological polar surface area (TPSA) is 78.0 Å². The largest absolute Gasteiger partial charge is 0.457 e. The number of fused-ring (bicyclic) bond motifs is 1. The number of halogens is 1. The van der Waals surface area contributed by atoms with E-state index in [-0.39, 0.29) is 17.8 Å². The Morgan fingerprint density at radius 3 is 2.52 bits per heavy atom. The minimum Gasteiger partial charge on any atom is -0.457 e. The van der Waals surface area contributed by atoms with Gasteiger partial charge in [0.1, 0.15) is 29.3 Å². The van der Waals surface area contributed by atoms with Crippen molar-refractivity contribution in [1.82, 2.24) is 19.9 Å². The van der Waals surface area contributed by atoms with Crippen LogP contribution in [0.1, 0.15) is 12.5 Å². The number of nitrogen functional groups attached to an aromatic ring is 1. The van der Waals surface area contributed by atoms with Gasteiger partial charge in [0.2, 0.25) is 5.95 Å².